The van der Waals surface area contributed by atoms with Gasteiger partial charge in [0, 0.05) is 50.8 Å². The van der Waals surface area contributed by atoms with Gasteiger partial charge in [-0.05, 0) is 6.42 Å². The van der Waals surface area contributed by atoms with Crippen LogP contribution in [-0.4, -0.2) is 63.4 Å². The molecule has 0 atom stereocenters. The molecule has 0 spiro atoms. The molecule has 0 aromatic heterocycles. The second-order valence-electron chi connectivity index (χ2n) is 8.42. The first-order chi connectivity index (χ1) is 15.0. The molecule has 198 valence electrons. The summed E-state index contributed by atoms with van der Waals surface area (Å²) in [6.45, 7) is 11.6. The first kappa shape index (κ1) is 35.4. The summed E-state index contributed by atoms with van der Waals surface area (Å²) in [5.41, 5.74) is -0.712. The number of hydrogen-bond acceptors (Lipinski definition) is 12. The van der Waals surface area contributed by atoms with E-state index >= 15 is 0 Å². The molecular weight excluding hydrogens is 514 g/mol. The van der Waals surface area contributed by atoms with E-state index in [0.29, 0.717) is 17.9 Å². The van der Waals surface area contributed by atoms with Gasteiger partial charge in [0.05, 0.1) is 13.2 Å². The summed E-state index contributed by atoms with van der Waals surface area (Å²) in [4.78, 5) is 23.1. The summed E-state index contributed by atoms with van der Waals surface area (Å²) in [5.74, 6) is 1.05. The molecule has 0 saturated heterocycles. The monoisotopic (exact) mass is 554 g/mol. The minimum absolute atomic E-state index is 0.0702. The smallest absolute Gasteiger partial charge is 0.290 e. The number of thioether (sulfide) groups is 2. The number of phosphoric ester groups is 2. The lowest BCUT2D eigenvalue weighted by atomic mass is 9.99. The molecule has 0 heterocycles. The Kier molecular flexibility index (Phi) is 18.1. The van der Waals surface area contributed by atoms with Crippen molar-refractivity contribution >= 4 is 49.4 Å². The van der Waals surface area contributed by atoms with E-state index in [1.54, 1.807) is 0 Å². The zero-order chi connectivity index (χ0) is 26.3. The fraction of sp³-hybridized carbons (Fsp3) is 0.895. The van der Waals surface area contributed by atoms with Crippen molar-refractivity contribution in [2.75, 3.05) is 53.2 Å². The Bertz CT molecular complexity index is 658. The maximum atomic E-state index is 11.6. The molecule has 0 aliphatic rings. The Balaban J connectivity index is 0. The molecule has 0 saturated carbocycles. The number of rotatable bonds is 13. The Morgan fingerprint density at radius 2 is 0.970 bits per heavy atom. The predicted octanol–water partition coefficient (Wildman–Crippen LogP) is 5.81. The summed E-state index contributed by atoms with van der Waals surface area (Å²) in [6, 6.07) is 0. The summed E-state index contributed by atoms with van der Waals surface area (Å²) >= 11 is 2.41. The van der Waals surface area contributed by atoms with Crippen LogP contribution in [0.2, 0.25) is 0 Å². The third-order valence-corrected chi connectivity index (χ3v) is 8.86. The zero-order valence-corrected chi connectivity index (χ0v) is 24.8. The molecule has 0 aliphatic heterocycles. The van der Waals surface area contributed by atoms with Crippen LogP contribution in [-0.2, 0) is 45.9 Å². The molecule has 0 bridgehead atoms. The van der Waals surface area contributed by atoms with Crippen LogP contribution >= 0.6 is 39.2 Å². The molecule has 0 N–H and O–H groups in total. The summed E-state index contributed by atoms with van der Waals surface area (Å²) in [5, 5.41) is 0.208. The van der Waals surface area contributed by atoms with Gasteiger partial charge >= 0.3 is 15.6 Å². The minimum atomic E-state index is -3.41. The molecule has 33 heavy (non-hydrogen) atoms. The lowest BCUT2D eigenvalue weighted by molar-refractivity contribution is -0.118. The van der Waals surface area contributed by atoms with Crippen LogP contribution < -0.4 is 0 Å². The largest absolute Gasteiger partial charge is 0.474 e. The molecule has 0 fully saturated rings. The first-order valence-electron chi connectivity index (χ1n) is 10.1. The van der Waals surface area contributed by atoms with Gasteiger partial charge in [-0.3, -0.25) is 36.7 Å². The SMILES string of the molecule is COP(=O)(OC)OCCCSC(=O)C(C)(C)C.COP(=O)(OC)OCCSC(=O)C(C)(C)C. The van der Waals surface area contributed by atoms with Gasteiger partial charge in [-0.2, -0.15) is 0 Å². The van der Waals surface area contributed by atoms with Crippen molar-refractivity contribution in [1.82, 2.24) is 0 Å². The second-order valence-corrected chi connectivity index (χ2v) is 14.3. The van der Waals surface area contributed by atoms with Gasteiger partial charge in [0.15, 0.2) is 10.2 Å². The number of carbonyl (C=O) groups is 2. The van der Waals surface area contributed by atoms with E-state index in [9.17, 15) is 18.7 Å². The van der Waals surface area contributed by atoms with Crippen LogP contribution in [0.5, 0.6) is 0 Å². The van der Waals surface area contributed by atoms with E-state index in [1.807, 2.05) is 41.5 Å². The molecule has 0 rings (SSSR count). The Labute approximate surface area is 207 Å². The third-order valence-electron chi connectivity index (χ3n) is 3.46. The van der Waals surface area contributed by atoms with Crippen molar-refractivity contribution < 1.29 is 45.9 Å². The molecule has 0 aromatic rings. The second kappa shape index (κ2) is 16.8. The maximum absolute atomic E-state index is 11.6. The van der Waals surface area contributed by atoms with Gasteiger partial charge in [-0.15, -0.1) is 0 Å². The van der Waals surface area contributed by atoms with Crippen LogP contribution in [0.1, 0.15) is 48.0 Å². The number of hydrogen-bond donors (Lipinski definition) is 0. The van der Waals surface area contributed by atoms with Crippen molar-refractivity contribution in [1.29, 1.82) is 0 Å². The van der Waals surface area contributed by atoms with Crippen LogP contribution in [0.4, 0.5) is 0 Å². The summed E-state index contributed by atoms with van der Waals surface area (Å²) in [6.07, 6.45) is 0.614. The lowest BCUT2D eigenvalue weighted by Crippen LogP contribution is -2.17. The number of carbonyl (C=O) groups excluding carboxylic acids is 2. The molecule has 0 unspecified atom stereocenters. The quantitative estimate of drug-likeness (QED) is 0.202. The molecule has 0 aliphatic carbocycles. The van der Waals surface area contributed by atoms with E-state index in [0.717, 1.165) is 11.8 Å². The fourth-order valence-electron chi connectivity index (χ4n) is 1.48. The van der Waals surface area contributed by atoms with Crippen LogP contribution in [0.25, 0.3) is 0 Å². The highest BCUT2D eigenvalue weighted by atomic mass is 32.2. The molecule has 0 amide bonds. The zero-order valence-electron chi connectivity index (χ0n) is 21.3. The van der Waals surface area contributed by atoms with Gasteiger partial charge in [0.1, 0.15) is 0 Å². The highest BCUT2D eigenvalue weighted by Crippen LogP contribution is 2.48. The van der Waals surface area contributed by atoms with Crippen molar-refractivity contribution in [3.05, 3.63) is 0 Å². The van der Waals surface area contributed by atoms with Crippen LogP contribution in [0.15, 0.2) is 0 Å². The van der Waals surface area contributed by atoms with Crippen molar-refractivity contribution in [3.63, 3.8) is 0 Å². The van der Waals surface area contributed by atoms with Gasteiger partial charge in [-0.25, -0.2) is 9.13 Å². The summed E-state index contributed by atoms with van der Waals surface area (Å²) in [7, 11) is -1.75. The van der Waals surface area contributed by atoms with Crippen LogP contribution in [0.3, 0.4) is 0 Å². The Morgan fingerprint density at radius 1 is 0.636 bits per heavy atom. The average molecular weight is 555 g/mol. The topological polar surface area (TPSA) is 124 Å². The van der Waals surface area contributed by atoms with E-state index < -0.39 is 15.6 Å². The molecule has 0 radical (unpaired) electrons. The molecular formula is C19H40O10P2S2. The Morgan fingerprint density at radius 3 is 1.30 bits per heavy atom. The summed E-state index contributed by atoms with van der Waals surface area (Å²) < 4.78 is 51.2. The lowest BCUT2D eigenvalue weighted by Gasteiger charge is -2.16. The maximum Gasteiger partial charge on any atom is 0.474 e. The highest BCUT2D eigenvalue weighted by molar-refractivity contribution is 8.14. The van der Waals surface area contributed by atoms with Crippen molar-refractivity contribution in [2.24, 2.45) is 10.8 Å². The Hall–Kier alpha value is 0.260. The third kappa shape index (κ3) is 17.4. The predicted molar refractivity (Wildman–Crippen MR) is 134 cm³/mol. The molecule has 10 nitrogen and oxygen atoms in total. The normalized spacial score (nSPS) is 12.8. The van der Waals surface area contributed by atoms with Crippen LogP contribution in [0, 0.1) is 10.8 Å². The van der Waals surface area contributed by atoms with E-state index in [-0.39, 0.29) is 34.3 Å². The van der Waals surface area contributed by atoms with Gasteiger partial charge < -0.3 is 0 Å². The van der Waals surface area contributed by atoms with Gasteiger partial charge in [0.2, 0.25) is 0 Å². The van der Waals surface area contributed by atoms with Crippen molar-refractivity contribution in [3.8, 4) is 0 Å². The standard InChI is InChI=1S/C10H21O5PS.C9H19O5PS/c1-10(2,3)9(11)17-8-6-7-15-16(12,13-4)14-5;1-9(2,3)8(10)16-7-6-14-15(11,12-4)13-5/h6-8H2,1-5H3;6-7H2,1-5H3. The highest BCUT2D eigenvalue weighted by Gasteiger charge is 2.25. The fourth-order valence-corrected chi connectivity index (χ4v) is 4.65. The molecule has 0 aromatic carbocycles. The number of phosphoric acid groups is 2. The minimum Gasteiger partial charge on any atom is -0.290 e. The van der Waals surface area contributed by atoms with Gasteiger partial charge in [0.25, 0.3) is 0 Å². The molecule has 14 heteroatoms. The van der Waals surface area contributed by atoms with E-state index in [1.165, 1.54) is 40.2 Å². The van der Waals surface area contributed by atoms with E-state index in [4.69, 9.17) is 9.05 Å². The van der Waals surface area contributed by atoms with Crippen molar-refractivity contribution in [2.45, 2.75) is 48.0 Å². The average Bonchev–Trinajstić information content (AvgIpc) is 2.74. The van der Waals surface area contributed by atoms with E-state index in [2.05, 4.69) is 18.1 Å². The van der Waals surface area contributed by atoms with Gasteiger partial charge in [-0.1, -0.05) is 65.1 Å². The first-order valence-corrected chi connectivity index (χ1v) is 15.0.